The van der Waals surface area contributed by atoms with Crippen LogP contribution in [0.3, 0.4) is 0 Å². The summed E-state index contributed by atoms with van der Waals surface area (Å²) in [4.78, 5) is 29.7. The van der Waals surface area contributed by atoms with E-state index in [0.717, 1.165) is 5.56 Å². The zero-order valence-corrected chi connectivity index (χ0v) is 10.7. The first-order chi connectivity index (χ1) is 9.65. The molecular weight excluding hydrogens is 258 g/mol. The maximum atomic E-state index is 11.9. The summed E-state index contributed by atoms with van der Waals surface area (Å²) in [5.41, 5.74) is 1.44. The topological polar surface area (TPSA) is 95.1 Å². The minimum Gasteiger partial charge on any atom is -0.480 e. The van der Waals surface area contributed by atoms with Gasteiger partial charge in [0.25, 0.3) is 0 Å². The third kappa shape index (κ3) is 3.94. The summed E-state index contributed by atoms with van der Waals surface area (Å²) in [7, 11) is 0. The van der Waals surface area contributed by atoms with E-state index in [4.69, 9.17) is 5.11 Å². The fourth-order valence-corrected chi connectivity index (χ4v) is 1.84. The Morgan fingerprint density at radius 1 is 1.30 bits per heavy atom. The molecule has 1 aromatic heterocycles. The molecule has 0 aliphatic heterocycles. The van der Waals surface area contributed by atoms with E-state index in [1.807, 2.05) is 30.3 Å². The molecule has 0 fully saturated rings. The Hall–Kier alpha value is -2.63. The Kier molecular flexibility index (Phi) is 4.49. The summed E-state index contributed by atoms with van der Waals surface area (Å²) >= 11 is 0. The number of carbonyl (C=O) groups is 2. The van der Waals surface area contributed by atoms with Crippen molar-refractivity contribution in [1.29, 1.82) is 0 Å². The molecule has 1 unspecified atom stereocenters. The summed E-state index contributed by atoms with van der Waals surface area (Å²) < 4.78 is 0. The molecule has 1 atom stereocenters. The molecule has 6 heteroatoms. The normalized spacial score (nSPS) is 11.8. The maximum absolute atomic E-state index is 11.9. The van der Waals surface area contributed by atoms with Crippen LogP contribution < -0.4 is 5.32 Å². The lowest BCUT2D eigenvalue weighted by Crippen LogP contribution is -2.43. The summed E-state index contributed by atoms with van der Waals surface area (Å²) in [6.07, 6.45) is 3.39. The van der Waals surface area contributed by atoms with Crippen molar-refractivity contribution in [3.63, 3.8) is 0 Å². The van der Waals surface area contributed by atoms with Gasteiger partial charge in [-0.3, -0.25) is 4.79 Å². The zero-order valence-electron chi connectivity index (χ0n) is 10.7. The van der Waals surface area contributed by atoms with Crippen molar-refractivity contribution >= 4 is 11.9 Å². The Morgan fingerprint density at radius 3 is 2.65 bits per heavy atom. The molecule has 104 valence electrons. The van der Waals surface area contributed by atoms with E-state index in [1.165, 1.54) is 6.33 Å². The number of aliphatic carboxylic acids is 1. The summed E-state index contributed by atoms with van der Waals surface area (Å²) in [5, 5.41) is 11.6. The third-order valence-corrected chi connectivity index (χ3v) is 2.81. The molecule has 0 radical (unpaired) electrons. The molecule has 0 saturated carbocycles. The molecule has 3 N–H and O–H groups in total. The average molecular weight is 273 g/mol. The lowest BCUT2D eigenvalue weighted by molar-refractivity contribution is -0.141. The van der Waals surface area contributed by atoms with Crippen LogP contribution in [-0.4, -0.2) is 33.0 Å². The van der Waals surface area contributed by atoms with Crippen molar-refractivity contribution in [2.24, 2.45) is 0 Å². The quantitative estimate of drug-likeness (QED) is 0.724. The lowest BCUT2D eigenvalue weighted by Gasteiger charge is -2.13. The van der Waals surface area contributed by atoms with E-state index >= 15 is 0 Å². The molecule has 0 aliphatic rings. The van der Waals surface area contributed by atoms with Crippen molar-refractivity contribution in [2.45, 2.75) is 18.9 Å². The van der Waals surface area contributed by atoms with Gasteiger partial charge in [0.1, 0.15) is 6.04 Å². The SMILES string of the molecule is O=C(Cc1ccccc1)NC(Cc1c[nH]cn1)C(=O)O. The smallest absolute Gasteiger partial charge is 0.326 e. The summed E-state index contributed by atoms with van der Waals surface area (Å²) in [5.74, 6) is -1.39. The number of benzene rings is 1. The number of hydrogen-bond acceptors (Lipinski definition) is 3. The Labute approximate surface area is 115 Å². The van der Waals surface area contributed by atoms with Crippen molar-refractivity contribution in [2.75, 3.05) is 0 Å². The molecule has 1 heterocycles. The predicted octanol–water partition coefficient (Wildman–Crippen LogP) is 0.764. The van der Waals surface area contributed by atoms with Crippen molar-refractivity contribution < 1.29 is 14.7 Å². The number of nitrogens with one attached hydrogen (secondary N) is 2. The van der Waals surface area contributed by atoms with Gasteiger partial charge >= 0.3 is 5.97 Å². The molecule has 1 amide bonds. The first-order valence-corrected chi connectivity index (χ1v) is 6.19. The number of carboxylic acid groups (broad SMARTS) is 1. The largest absolute Gasteiger partial charge is 0.480 e. The van der Waals surface area contributed by atoms with Crippen molar-refractivity contribution in [1.82, 2.24) is 15.3 Å². The first kappa shape index (κ1) is 13.8. The number of imidazole rings is 1. The van der Waals surface area contributed by atoms with E-state index in [-0.39, 0.29) is 18.7 Å². The van der Waals surface area contributed by atoms with Gasteiger partial charge in [-0.05, 0) is 5.56 Å². The van der Waals surface area contributed by atoms with Gasteiger partial charge in [-0.25, -0.2) is 9.78 Å². The van der Waals surface area contributed by atoms with Crippen LogP contribution in [-0.2, 0) is 22.4 Å². The number of rotatable bonds is 6. The van der Waals surface area contributed by atoms with Crippen molar-refractivity contribution in [3.8, 4) is 0 Å². The van der Waals surface area contributed by atoms with Crippen LogP contribution in [0.2, 0.25) is 0 Å². The summed E-state index contributed by atoms with van der Waals surface area (Å²) in [6.45, 7) is 0. The van der Waals surface area contributed by atoms with Gasteiger partial charge in [0, 0.05) is 12.6 Å². The number of carboxylic acids is 1. The third-order valence-electron chi connectivity index (χ3n) is 2.81. The molecular formula is C14H15N3O3. The highest BCUT2D eigenvalue weighted by Gasteiger charge is 2.21. The zero-order chi connectivity index (χ0) is 14.4. The highest BCUT2D eigenvalue weighted by Crippen LogP contribution is 2.02. The van der Waals surface area contributed by atoms with Crippen LogP contribution in [0.5, 0.6) is 0 Å². The number of aromatic amines is 1. The van der Waals surface area contributed by atoms with E-state index in [0.29, 0.717) is 5.69 Å². The van der Waals surface area contributed by atoms with E-state index in [2.05, 4.69) is 15.3 Å². The van der Waals surface area contributed by atoms with Gasteiger partial charge < -0.3 is 15.4 Å². The number of carbonyl (C=O) groups excluding carboxylic acids is 1. The highest BCUT2D eigenvalue weighted by molar-refractivity contribution is 5.85. The van der Waals surface area contributed by atoms with Crippen LogP contribution >= 0.6 is 0 Å². The number of amides is 1. The van der Waals surface area contributed by atoms with Gasteiger partial charge in [-0.1, -0.05) is 30.3 Å². The number of nitrogens with zero attached hydrogens (tertiary/aromatic N) is 1. The van der Waals surface area contributed by atoms with Gasteiger partial charge in [-0.2, -0.15) is 0 Å². The monoisotopic (exact) mass is 273 g/mol. The maximum Gasteiger partial charge on any atom is 0.326 e. The minimum absolute atomic E-state index is 0.152. The van der Waals surface area contributed by atoms with Crippen LogP contribution in [0.15, 0.2) is 42.9 Å². The van der Waals surface area contributed by atoms with Gasteiger partial charge in [0.15, 0.2) is 0 Å². The summed E-state index contributed by atoms with van der Waals surface area (Å²) in [6, 6.07) is 8.20. The Morgan fingerprint density at radius 2 is 2.05 bits per heavy atom. The highest BCUT2D eigenvalue weighted by atomic mass is 16.4. The van der Waals surface area contributed by atoms with Gasteiger partial charge in [0.2, 0.25) is 5.91 Å². The number of aromatic nitrogens is 2. The minimum atomic E-state index is -1.07. The van der Waals surface area contributed by atoms with Crippen LogP contribution in [0, 0.1) is 0 Å². The molecule has 0 saturated heterocycles. The van der Waals surface area contributed by atoms with Gasteiger partial charge in [0.05, 0.1) is 18.4 Å². The molecule has 20 heavy (non-hydrogen) atoms. The van der Waals surface area contributed by atoms with Crippen LogP contribution in [0.25, 0.3) is 0 Å². The lowest BCUT2D eigenvalue weighted by atomic mass is 10.1. The predicted molar refractivity (Wildman–Crippen MR) is 72.0 cm³/mol. The standard InChI is InChI=1S/C14H15N3O3/c18-13(6-10-4-2-1-3-5-10)17-12(14(19)20)7-11-8-15-9-16-11/h1-5,8-9,12H,6-7H2,(H,15,16)(H,17,18)(H,19,20). The Balaban J connectivity index is 1.94. The second-order valence-corrected chi connectivity index (χ2v) is 4.39. The second kappa shape index (κ2) is 6.51. The molecule has 2 rings (SSSR count). The van der Waals surface area contributed by atoms with E-state index < -0.39 is 12.0 Å². The van der Waals surface area contributed by atoms with E-state index in [1.54, 1.807) is 6.20 Å². The fourth-order valence-electron chi connectivity index (χ4n) is 1.84. The Bertz CT molecular complexity index is 567. The first-order valence-electron chi connectivity index (χ1n) is 6.19. The molecule has 1 aromatic carbocycles. The molecule has 0 spiro atoms. The molecule has 0 bridgehead atoms. The average Bonchev–Trinajstić information content (AvgIpc) is 2.92. The molecule has 0 aliphatic carbocycles. The number of H-pyrrole nitrogens is 1. The molecule has 6 nitrogen and oxygen atoms in total. The van der Waals surface area contributed by atoms with Crippen LogP contribution in [0.1, 0.15) is 11.3 Å². The van der Waals surface area contributed by atoms with Gasteiger partial charge in [-0.15, -0.1) is 0 Å². The van der Waals surface area contributed by atoms with Crippen molar-refractivity contribution in [3.05, 3.63) is 54.1 Å². The number of hydrogen-bond donors (Lipinski definition) is 3. The van der Waals surface area contributed by atoms with Crippen LogP contribution in [0.4, 0.5) is 0 Å². The molecule has 2 aromatic rings. The fraction of sp³-hybridized carbons (Fsp3) is 0.214. The second-order valence-electron chi connectivity index (χ2n) is 4.39. The van der Waals surface area contributed by atoms with E-state index in [9.17, 15) is 9.59 Å².